The summed E-state index contributed by atoms with van der Waals surface area (Å²) in [5, 5.41) is 6.56. The van der Waals surface area contributed by atoms with Gasteiger partial charge < -0.3 is 8.83 Å². The smallest absolute Gasteiger partial charge is 0.164 e. The minimum atomic E-state index is 0.0815. The molecule has 0 aliphatic heterocycles. The molecule has 0 saturated heterocycles. The molecule has 10 rings (SSSR count). The monoisotopic (exact) mass is 617 g/mol. The summed E-state index contributed by atoms with van der Waals surface area (Å²) in [7, 11) is 0. The predicted molar refractivity (Wildman–Crippen MR) is 194 cm³/mol. The molecule has 48 heavy (non-hydrogen) atoms. The van der Waals surface area contributed by atoms with Crippen LogP contribution in [0, 0.1) is 0 Å². The van der Waals surface area contributed by atoms with Crippen LogP contribution in [0.3, 0.4) is 0 Å². The third-order valence-corrected chi connectivity index (χ3v) is 9.41. The number of furan rings is 2. The number of nitrogens with zero attached hydrogens (tertiary/aromatic N) is 3. The van der Waals surface area contributed by atoms with Crippen LogP contribution in [0.25, 0.3) is 88.6 Å². The van der Waals surface area contributed by atoms with Gasteiger partial charge in [-0.1, -0.05) is 115 Å². The molecule has 5 heteroatoms. The molecule has 226 valence electrons. The predicted octanol–water partition coefficient (Wildman–Crippen LogP) is 11.4. The van der Waals surface area contributed by atoms with Crippen LogP contribution in [0.1, 0.15) is 18.2 Å². The molecular formula is C43H27N3O2. The first-order valence-electron chi connectivity index (χ1n) is 16.2. The SMILES string of the molecule is C1=CCC(c2nc(-c3ccccc3)nc(-c3cccc4oc5c(-c6ccc7oc8cc9ccccc9cc8c7c6)cccc5c34)n2)C=C1. The summed E-state index contributed by atoms with van der Waals surface area (Å²) in [6.45, 7) is 0. The minimum Gasteiger partial charge on any atom is -0.456 e. The van der Waals surface area contributed by atoms with Gasteiger partial charge in [0.2, 0.25) is 0 Å². The Morgan fingerprint density at radius 1 is 0.521 bits per heavy atom. The lowest BCUT2D eigenvalue weighted by Gasteiger charge is -2.14. The molecule has 1 aliphatic carbocycles. The van der Waals surface area contributed by atoms with Crippen LogP contribution < -0.4 is 0 Å². The lowest BCUT2D eigenvalue weighted by atomic mass is 9.98. The summed E-state index contributed by atoms with van der Waals surface area (Å²) >= 11 is 0. The largest absolute Gasteiger partial charge is 0.456 e. The average molecular weight is 618 g/mol. The highest BCUT2D eigenvalue weighted by atomic mass is 16.3. The molecule has 1 aliphatic rings. The fourth-order valence-corrected chi connectivity index (χ4v) is 7.06. The van der Waals surface area contributed by atoms with Crippen LogP contribution in [0.4, 0.5) is 0 Å². The van der Waals surface area contributed by atoms with Crippen molar-refractivity contribution >= 4 is 54.6 Å². The van der Waals surface area contributed by atoms with E-state index in [1.54, 1.807) is 0 Å². The number of allylic oxidation sites excluding steroid dienone is 4. The molecule has 1 atom stereocenters. The number of aromatic nitrogens is 3. The Kier molecular flexibility index (Phi) is 5.93. The summed E-state index contributed by atoms with van der Waals surface area (Å²) in [4.78, 5) is 15.1. The second-order valence-electron chi connectivity index (χ2n) is 12.3. The molecule has 0 radical (unpaired) electrons. The van der Waals surface area contributed by atoms with Gasteiger partial charge in [-0.2, -0.15) is 0 Å². The quantitative estimate of drug-likeness (QED) is 0.197. The minimum absolute atomic E-state index is 0.0815. The highest BCUT2D eigenvalue weighted by Gasteiger charge is 2.21. The first-order valence-corrected chi connectivity index (χ1v) is 16.2. The van der Waals surface area contributed by atoms with E-state index in [-0.39, 0.29) is 5.92 Å². The van der Waals surface area contributed by atoms with E-state index in [1.165, 1.54) is 10.8 Å². The average Bonchev–Trinajstić information content (AvgIpc) is 3.72. The van der Waals surface area contributed by atoms with Crippen LogP contribution in [-0.2, 0) is 0 Å². The second-order valence-corrected chi connectivity index (χ2v) is 12.3. The third kappa shape index (κ3) is 4.28. The van der Waals surface area contributed by atoms with Crippen molar-refractivity contribution in [3.63, 3.8) is 0 Å². The summed E-state index contributed by atoms with van der Waals surface area (Å²) < 4.78 is 13.0. The van der Waals surface area contributed by atoms with Gasteiger partial charge in [-0.05, 0) is 53.1 Å². The van der Waals surface area contributed by atoms with E-state index < -0.39 is 0 Å². The standard InChI is InChI=1S/C43H27N3O2/c1-3-11-26(12-4-1)41-44-42(27-13-5-2-6-14-27)46-43(45-41)33-19-10-20-37-39(33)32-18-9-17-31(40(32)48-37)30-21-22-36-34(24-30)35-23-28-15-7-8-16-29(28)25-38(35)47-36/h1-13,15-25,27H,14H2. The Labute approximate surface area is 275 Å². The Bertz CT molecular complexity index is 2770. The fraction of sp³-hybridized carbons (Fsp3) is 0.0465. The first-order chi connectivity index (χ1) is 23.8. The van der Waals surface area contributed by atoms with Crippen molar-refractivity contribution in [3.8, 4) is 33.9 Å². The maximum absolute atomic E-state index is 6.69. The number of para-hydroxylation sites is 1. The molecule has 6 aromatic carbocycles. The number of hydrogen-bond acceptors (Lipinski definition) is 5. The molecule has 3 aromatic heterocycles. The van der Waals surface area contributed by atoms with Crippen molar-refractivity contribution < 1.29 is 8.83 Å². The molecular weight excluding hydrogens is 590 g/mol. The second kappa shape index (κ2) is 10.6. The van der Waals surface area contributed by atoms with Gasteiger partial charge in [-0.3, -0.25) is 0 Å². The maximum atomic E-state index is 6.69. The van der Waals surface area contributed by atoms with Gasteiger partial charge in [0.05, 0.1) is 0 Å². The summed E-state index contributed by atoms with van der Waals surface area (Å²) in [6, 6.07) is 41.7. The van der Waals surface area contributed by atoms with Crippen molar-refractivity contribution in [2.45, 2.75) is 12.3 Å². The molecule has 0 saturated carbocycles. The highest BCUT2D eigenvalue weighted by molar-refractivity contribution is 6.16. The van der Waals surface area contributed by atoms with E-state index in [0.29, 0.717) is 11.6 Å². The van der Waals surface area contributed by atoms with Crippen LogP contribution >= 0.6 is 0 Å². The Hall–Kier alpha value is -6.33. The topological polar surface area (TPSA) is 65.0 Å². The zero-order chi connectivity index (χ0) is 31.6. The van der Waals surface area contributed by atoms with E-state index in [9.17, 15) is 0 Å². The molecule has 9 aromatic rings. The zero-order valence-corrected chi connectivity index (χ0v) is 25.8. The van der Waals surface area contributed by atoms with E-state index in [0.717, 1.165) is 78.4 Å². The van der Waals surface area contributed by atoms with Crippen molar-refractivity contribution in [1.82, 2.24) is 15.0 Å². The number of fused-ring (bicyclic) bond motifs is 7. The molecule has 0 bridgehead atoms. The van der Waals surface area contributed by atoms with Crippen molar-refractivity contribution in [1.29, 1.82) is 0 Å². The molecule has 3 heterocycles. The van der Waals surface area contributed by atoms with Crippen LogP contribution in [-0.4, -0.2) is 15.0 Å². The summed E-state index contributed by atoms with van der Waals surface area (Å²) in [5.74, 6) is 2.15. The molecule has 5 nitrogen and oxygen atoms in total. The molecule has 0 fully saturated rings. The zero-order valence-electron chi connectivity index (χ0n) is 25.8. The molecule has 0 spiro atoms. The van der Waals surface area contributed by atoms with Crippen LogP contribution in [0.2, 0.25) is 0 Å². The van der Waals surface area contributed by atoms with Gasteiger partial charge in [0.25, 0.3) is 0 Å². The van der Waals surface area contributed by atoms with Crippen molar-refractivity contribution in [3.05, 3.63) is 151 Å². The van der Waals surface area contributed by atoms with Crippen LogP contribution in [0.5, 0.6) is 0 Å². The van der Waals surface area contributed by atoms with Gasteiger partial charge in [0.15, 0.2) is 11.6 Å². The van der Waals surface area contributed by atoms with Crippen LogP contribution in [0.15, 0.2) is 154 Å². The number of benzene rings is 6. The lowest BCUT2D eigenvalue weighted by molar-refractivity contribution is 0.668. The molecule has 0 N–H and O–H groups in total. The van der Waals surface area contributed by atoms with Crippen molar-refractivity contribution in [2.24, 2.45) is 0 Å². The third-order valence-electron chi connectivity index (χ3n) is 9.41. The molecule has 0 amide bonds. The van der Waals surface area contributed by atoms with Gasteiger partial charge in [-0.15, -0.1) is 0 Å². The van der Waals surface area contributed by atoms with Gasteiger partial charge in [-0.25, -0.2) is 15.0 Å². The highest BCUT2D eigenvalue weighted by Crippen LogP contribution is 2.42. The maximum Gasteiger partial charge on any atom is 0.164 e. The number of hydrogen-bond donors (Lipinski definition) is 0. The lowest BCUT2D eigenvalue weighted by Crippen LogP contribution is -2.07. The van der Waals surface area contributed by atoms with Crippen molar-refractivity contribution in [2.75, 3.05) is 0 Å². The van der Waals surface area contributed by atoms with E-state index in [4.69, 9.17) is 23.8 Å². The summed E-state index contributed by atoms with van der Waals surface area (Å²) in [6.07, 6.45) is 9.31. The fourth-order valence-electron chi connectivity index (χ4n) is 7.06. The molecule has 1 unspecified atom stereocenters. The Morgan fingerprint density at radius 3 is 2.19 bits per heavy atom. The van der Waals surface area contributed by atoms with E-state index in [2.05, 4.69) is 103 Å². The number of rotatable bonds is 4. The van der Waals surface area contributed by atoms with Gasteiger partial charge >= 0.3 is 0 Å². The Balaban J connectivity index is 1.16. The summed E-state index contributed by atoms with van der Waals surface area (Å²) in [5.41, 5.74) is 7.34. The Morgan fingerprint density at radius 2 is 1.31 bits per heavy atom. The van der Waals surface area contributed by atoms with E-state index >= 15 is 0 Å². The first kappa shape index (κ1) is 26.8. The van der Waals surface area contributed by atoms with Gasteiger partial charge in [0, 0.05) is 44.2 Å². The van der Waals surface area contributed by atoms with E-state index in [1.807, 2.05) is 42.5 Å². The van der Waals surface area contributed by atoms with Gasteiger partial charge in [0.1, 0.15) is 28.2 Å². The normalized spacial score (nSPS) is 14.6.